The van der Waals surface area contributed by atoms with Gasteiger partial charge in [-0.3, -0.25) is 4.90 Å². The molecule has 3 atom stereocenters. The summed E-state index contributed by atoms with van der Waals surface area (Å²) in [5.74, 6) is 1.47. The van der Waals surface area contributed by atoms with Gasteiger partial charge in [-0.25, -0.2) is 4.98 Å². The molecule has 1 N–H and O–H groups in total. The van der Waals surface area contributed by atoms with Crippen LogP contribution in [0.5, 0.6) is 0 Å². The predicted octanol–water partition coefficient (Wildman–Crippen LogP) is 2.62. The number of aryl methyl sites for hydroxylation is 1. The number of piperazine rings is 1. The lowest BCUT2D eigenvalue weighted by molar-refractivity contribution is 0.0768. The second-order valence-corrected chi connectivity index (χ2v) is 6.86. The van der Waals surface area contributed by atoms with Gasteiger partial charge in [-0.1, -0.05) is 34.1 Å². The Bertz CT molecular complexity index is 388. The Balaban J connectivity index is 1.89. The van der Waals surface area contributed by atoms with Crippen molar-refractivity contribution in [1.29, 1.82) is 0 Å². The molecular formula is C17H32N4. The van der Waals surface area contributed by atoms with Crippen LogP contribution < -0.4 is 5.32 Å². The zero-order valence-corrected chi connectivity index (χ0v) is 14.1. The fraction of sp³-hybridized carbons (Fsp3) is 0.824. The van der Waals surface area contributed by atoms with E-state index in [1.165, 1.54) is 25.9 Å². The Labute approximate surface area is 129 Å². The molecule has 0 amide bonds. The van der Waals surface area contributed by atoms with Crippen LogP contribution in [0.3, 0.4) is 0 Å². The second kappa shape index (κ2) is 7.95. The Morgan fingerprint density at radius 3 is 2.71 bits per heavy atom. The van der Waals surface area contributed by atoms with E-state index in [-0.39, 0.29) is 0 Å². The number of hydrogen-bond donors (Lipinski definition) is 1. The van der Waals surface area contributed by atoms with E-state index in [0.717, 1.165) is 19.0 Å². The number of nitrogens with zero attached hydrogens (tertiary/aromatic N) is 3. The predicted molar refractivity (Wildman–Crippen MR) is 88.3 cm³/mol. The summed E-state index contributed by atoms with van der Waals surface area (Å²) in [5.41, 5.74) is 0. The normalized spacial score (nSPS) is 25.4. The maximum absolute atomic E-state index is 4.12. The molecule has 1 aliphatic heterocycles. The third-order valence-corrected chi connectivity index (χ3v) is 5.02. The van der Waals surface area contributed by atoms with Gasteiger partial charge in [0.1, 0.15) is 0 Å². The quantitative estimate of drug-likeness (QED) is 0.838. The molecule has 1 fully saturated rings. The van der Waals surface area contributed by atoms with Gasteiger partial charge in [-0.15, -0.1) is 0 Å². The van der Waals surface area contributed by atoms with Crippen LogP contribution in [0.15, 0.2) is 18.7 Å². The molecular weight excluding hydrogens is 260 g/mol. The fourth-order valence-corrected chi connectivity index (χ4v) is 3.27. The van der Waals surface area contributed by atoms with Crippen molar-refractivity contribution >= 4 is 0 Å². The molecule has 1 saturated heterocycles. The SMILES string of the molecule is CCC(C)C1CNC(C(C)C)CN1CCCn1ccnc1. The van der Waals surface area contributed by atoms with Crippen LogP contribution in [-0.4, -0.2) is 46.2 Å². The van der Waals surface area contributed by atoms with Crippen molar-refractivity contribution in [1.82, 2.24) is 19.8 Å². The number of rotatable bonds is 7. The largest absolute Gasteiger partial charge is 0.337 e. The lowest BCUT2D eigenvalue weighted by Gasteiger charge is -2.44. The van der Waals surface area contributed by atoms with E-state index >= 15 is 0 Å². The van der Waals surface area contributed by atoms with E-state index in [4.69, 9.17) is 0 Å². The van der Waals surface area contributed by atoms with Gasteiger partial charge in [0.25, 0.3) is 0 Å². The van der Waals surface area contributed by atoms with Crippen molar-refractivity contribution in [2.24, 2.45) is 11.8 Å². The third-order valence-electron chi connectivity index (χ3n) is 5.02. The van der Waals surface area contributed by atoms with Gasteiger partial charge in [0.2, 0.25) is 0 Å². The van der Waals surface area contributed by atoms with Crippen LogP contribution in [-0.2, 0) is 6.54 Å². The van der Waals surface area contributed by atoms with E-state index in [9.17, 15) is 0 Å². The first kappa shape index (κ1) is 16.5. The maximum atomic E-state index is 4.12. The lowest BCUT2D eigenvalue weighted by Crippen LogP contribution is -2.60. The summed E-state index contributed by atoms with van der Waals surface area (Å²) < 4.78 is 2.18. The van der Waals surface area contributed by atoms with Crippen molar-refractivity contribution in [3.8, 4) is 0 Å². The average Bonchev–Trinajstić information content (AvgIpc) is 2.99. The molecule has 0 saturated carbocycles. The lowest BCUT2D eigenvalue weighted by atomic mass is 9.91. The monoisotopic (exact) mass is 292 g/mol. The molecule has 4 heteroatoms. The average molecular weight is 292 g/mol. The van der Waals surface area contributed by atoms with Crippen molar-refractivity contribution < 1.29 is 0 Å². The van der Waals surface area contributed by atoms with Gasteiger partial charge in [-0.2, -0.15) is 0 Å². The number of aromatic nitrogens is 2. The molecule has 120 valence electrons. The summed E-state index contributed by atoms with van der Waals surface area (Å²) in [6, 6.07) is 1.33. The van der Waals surface area contributed by atoms with Gasteiger partial charge in [0.05, 0.1) is 6.33 Å². The van der Waals surface area contributed by atoms with Crippen LogP contribution in [0.4, 0.5) is 0 Å². The van der Waals surface area contributed by atoms with Crippen molar-refractivity contribution in [3.05, 3.63) is 18.7 Å². The molecule has 1 aliphatic rings. The van der Waals surface area contributed by atoms with E-state index in [2.05, 4.69) is 53.7 Å². The summed E-state index contributed by atoms with van der Waals surface area (Å²) in [6.45, 7) is 13.9. The van der Waals surface area contributed by atoms with Gasteiger partial charge in [0, 0.05) is 50.7 Å². The highest BCUT2D eigenvalue weighted by Gasteiger charge is 2.31. The van der Waals surface area contributed by atoms with Gasteiger partial charge in [0.15, 0.2) is 0 Å². The highest BCUT2D eigenvalue weighted by Crippen LogP contribution is 2.20. The first-order valence-electron chi connectivity index (χ1n) is 8.55. The Morgan fingerprint density at radius 2 is 2.10 bits per heavy atom. The molecule has 0 aliphatic carbocycles. The zero-order valence-electron chi connectivity index (χ0n) is 14.1. The van der Waals surface area contributed by atoms with Gasteiger partial charge in [-0.05, 0) is 18.3 Å². The first-order valence-corrected chi connectivity index (χ1v) is 8.55. The summed E-state index contributed by atoms with van der Waals surface area (Å²) in [6.07, 6.45) is 8.30. The maximum Gasteiger partial charge on any atom is 0.0945 e. The van der Waals surface area contributed by atoms with E-state index in [1.54, 1.807) is 0 Å². The summed E-state index contributed by atoms with van der Waals surface area (Å²) in [5, 5.41) is 3.76. The summed E-state index contributed by atoms with van der Waals surface area (Å²) >= 11 is 0. The Morgan fingerprint density at radius 1 is 1.29 bits per heavy atom. The smallest absolute Gasteiger partial charge is 0.0945 e. The van der Waals surface area contributed by atoms with Crippen molar-refractivity contribution in [3.63, 3.8) is 0 Å². The van der Waals surface area contributed by atoms with Crippen molar-refractivity contribution in [2.45, 2.75) is 59.2 Å². The molecule has 0 bridgehead atoms. The van der Waals surface area contributed by atoms with Gasteiger partial charge >= 0.3 is 0 Å². The summed E-state index contributed by atoms with van der Waals surface area (Å²) in [7, 11) is 0. The highest BCUT2D eigenvalue weighted by molar-refractivity contribution is 4.89. The molecule has 4 nitrogen and oxygen atoms in total. The van der Waals surface area contributed by atoms with E-state index < -0.39 is 0 Å². The molecule has 0 spiro atoms. The number of nitrogens with one attached hydrogen (secondary N) is 1. The molecule has 3 unspecified atom stereocenters. The van der Waals surface area contributed by atoms with Gasteiger partial charge < -0.3 is 9.88 Å². The minimum absolute atomic E-state index is 0.638. The molecule has 2 rings (SSSR count). The molecule has 21 heavy (non-hydrogen) atoms. The minimum Gasteiger partial charge on any atom is -0.337 e. The van der Waals surface area contributed by atoms with Crippen LogP contribution in [0.25, 0.3) is 0 Å². The van der Waals surface area contributed by atoms with Crippen molar-refractivity contribution in [2.75, 3.05) is 19.6 Å². The molecule has 1 aromatic rings. The van der Waals surface area contributed by atoms with Crippen LogP contribution in [0, 0.1) is 11.8 Å². The Hall–Kier alpha value is -0.870. The molecule has 0 radical (unpaired) electrons. The van der Waals surface area contributed by atoms with E-state index in [1.807, 2.05) is 12.5 Å². The standard InChI is InChI=1S/C17H32N4/c1-5-15(4)17-11-19-16(14(2)3)12-21(17)9-6-8-20-10-7-18-13-20/h7,10,13-17,19H,5-6,8-9,11-12H2,1-4H3. The van der Waals surface area contributed by atoms with Crippen LogP contribution in [0.2, 0.25) is 0 Å². The zero-order chi connectivity index (χ0) is 15.2. The third kappa shape index (κ3) is 4.55. The topological polar surface area (TPSA) is 33.1 Å². The Kier molecular flexibility index (Phi) is 6.24. The summed E-state index contributed by atoms with van der Waals surface area (Å²) in [4.78, 5) is 6.85. The minimum atomic E-state index is 0.638. The molecule has 1 aromatic heterocycles. The highest BCUT2D eigenvalue weighted by atomic mass is 15.2. The van der Waals surface area contributed by atoms with E-state index in [0.29, 0.717) is 18.0 Å². The van der Waals surface area contributed by atoms with Crippen LogP contribution in [0.1, 0.15) is 40.5 Å². The molecule has 2 heterocycles. The second-order valence-electron chi connectivity index (χ2n) is 6.86. The number of imidazole rings is 1. The number of hydrogen-bond acceptors (Lipinski definition) is 3. The first-order chi connectivity index (χ1) is 10.1. The van der Waals surface area contributed by atoms with Crippen LogP contribution >= 0.6 is 0 Å². The molecule has 0 aromatic carbocycles. The fourth-order valence-electron chi connectivity index (χ4n) is 3.27.